The lowest BCUT2D eigenvalue weighted by Crippen LogP contribution is -2.47. The summed E-state index contributed by atoms with van der Waals surface area (Å²) in [4.78, 5) is 0. The van der Waals surface area contributed by atoms with Crippen LogP contribution in [0.2, 0.25) is 0 Å². The number of rotatable bonds is 4. The van der Waals surface area contributed by atoms with Gasteiger partial charge in [-0.1, -0.05) is 13.8 Å². The molecule has 1 aliphatic heterocycles. The molecule has 2 rings (SSSR count). The van der Waals surface area contributed by atoms with Crippen LogP contribution in [-0.2, 0) is 6.54 Å². The first kappa shape index (κ1) is 12.0. The van der Waals surface area contributed by atoms with Crippen molar-refractivity contribution in [3.63, 3.8) is 0 Å². The van der Waals surface area contributed by atoms with Crippen LogP contribution < -0.4 is 5.32 Å². The maximum Gasteiger partial charge on any atom is 0.0534 e. The van der Waals surface area contributed by atoms with E-state index in [4.69, 9.17) is 0 Å². The van der Waals surface area contributed by atoms with Gasteiger partial charge in [0.25, 0.3) is 0 Å². The van der Waals surface area contributed by atoms with Crippen molar-refractivity contribution >= 4 is 11.8 Å². The smallest absolute Gasteiger partial charge is 0.0534 e. The van der Waals surface area contributed by atoms with Crippen LogP contribution in [0.4, 0.5) is 0 Å². The molecule has 1 saturated heterocycles. The zero-order chi connectivity index (χ0) is 11.4. The van der Waals surface area contributed by atoms with Gasteiger partial charge in [0.2, 0.25) is 0 Å². The van der Waals surface area contributed by atoms with Crippen LogP contribution in [0, 0.1) is 5.41 Å². The Balaban J connectivity index is 1.76. The molecule has 1 atom stereocenters. The molecular formula is C12H21N3S. The highest BCUT2D eigenvalue weighted by molar-refractivity contribution is 7.99. The Morgan fingerprint density at radius 1 is 1.56 bits per heavy atom. The zero-order valence-electron chi connectivity index (χ0n) is 10.1. The molecule has 0 radical (unpaired) electrons. The van der Waals surface area contributed by atoms with Crippen molar-refractivity contribution in [1.82, 2.24) is 15.1 Å². The third kappa shape index (κ3) is 3.01. The van der Waals surface area contributed by atoms with E-state index >= 15 is 0 Å². The van der Waals surface area contributed by atoms with Crippen LogP contribution in [-0.4, -0.2) is 33.9 Å². The molecule has 0 saturated carbocycles. The van der Waals surface area contributed by atoms with Gasteiger partial charge in [-0.3, -0.25) is 4.68 Å². The summed E-state index contributed by atoms with van der Waals surface area (Å²) < 4.78 is 1.98. The van der Waals surface area contributed by atoms with Gasteiger partial charge in [-0.15, -0.1) is 0 Å². The summed E-state index contributed by atoms with van der Waals surface area (Å²) in [5.41, 5.74) is 0.440. The maximum atomic E-state index is 4.21. The van der Waals surface area contributed by atoms with Crippen LogP contribution in [0.1, 0.15) is 20.3 Å². The molecule has 3 nitrogen and oxygen atoms in total. The third-order valence-electron chi connectivity index (χ3n) is 3.41. The van der Waals surface area contributed by atoms with Crippen molar-refractivity contribution in [2.24, 2.45) is 5.41 Å². The van der Waals surface area contributed by atoms with Crippen LogP contribution in [0.25, 0.3) is 0 Å². The van der Waals surface area contributed by atoms with E-state index in [0.29, 0.717) is 11.5 Å². The van der Waals surface area contributed by atoms with E-state index in [0.717, 1.165) is 13.1 Å². The molecule has 1 unspecified atom stereocenters. The summed E-state index contributed by atoms with van der Waals surface area (Å²) in [6, 6.07) is 2.61. The molecule has 4 heteroatoms. The van der Waals surface area contributed by atoms with Gasteiger partial charge in [0.05, 0.1) is 6.54 Å². The van der Waals surface area contributed by atoms with E-state index in [9.17, 15) is 0 Å². The molecule has 1 aromatic rings. The molecule has 90 valence electrons. The minimum Gasteiger partial charge on any atom is -0.311 e. The van der Waals surface area contributed by atoms with Crippen molar-refractivity contribution in [3.05, 3.63) is 18.5 Å². The first-order valence-electron chi connectivity index (χ1n) is 5.97. The molecule has 0 aliphatic carbocycles. The standard InChI is InChI=1S/C12H21N3S/c1-12(2)4-9-16-10-11(12)13-6-8-15-7-3-5-14-15/h3,5,7,11,13H,4,6,8-10H2,1-2H3. The largest absolute Gasteiger partial charge is 0.311 e. The molecule has 16 heavy (non-hydrogen) atoms. The van der Waals surface area contributed by atoms with E-state index in [-0.39, 0.29) is 0 Å². The predicted molar refractivity (Wildman–Crippen MR) is 69.7 cm³/mol. The lowest BCUT2D eigenvalue weighted by Gasteiger charge is -2.38. The molecule has 1 N–H and O–H groups in total. The molecule has 0 amide bonds. The summed E-state index contributed by atoms with van der Waals surface area (Å²) in [7, 11) is 0. The average Bonchev–Trinajstić information content (AvgIpc) is 2.73. The molecule has 0 aromatic carbocycles. The van der Waals surface area contributed by atoms with Gasteiger partial charge in [-0.25, -0.2) is 0 Å². The quantitative estimate of drug-likeness (QED) is 0.871. The summed E-state index contributed by atoms with van der Waals surface area (Å²) in [5.74, 6) is 2.55. The molecule has 1 aromatic heterocycles. The summed E-state index contributed by atoms with van der Waals surface area (Å²) in [6.45, 7) is 6.72. The predicted octanol–water partition coefficient (Wildman–Crippen LogP) is 2.00. The minimum absolute atomic E-state index is 0.440. The fraction of sp³-hybridized carbons (Fsp3) is 0.750. The minimum atomic E-state index is 0.440. The van der Waals surface area contributed by atoms with Gasteiger partial charge in [0.15, 0.2) is 0 Å². The number of nitrogens with one attached hydrogen (secondary N) is 1. The van der Waals surface area contributed by atoms with Crippen molar-refractivity contribution in [2.45, 2.75) is 32.9 Å². The van der Waals surface area contributed by atoms with Crippen molar-refractivity contribution in [3.8, 4) is 0 Å². The Labute approximate surface area is 102 Å². The highest BCUT2D eigenvalue weighted by Crippen LogP contribution is 2.33. The highest BCUT2D eigenvalue weighted by Gasteiger charge is 2.31. The second-order valence-electron chi connectivity index (χ2n) is 5.09. The van der Waals surface area contributed by atoms with Crippen molar-refractivity contribution < 1.29 is 0 Å². The van der Waals surface area contributed by atoms with Crippen molar-refractivity contribution in [2.75, 3.05) is 18.1 Å². The van der Waals surface area contributed by atoms with Crippen LogP contribution in [0.5, 0.6) is 0 Å². The molecule has 0 spiro atoms. The lowest BCUT2D eigenvalue weighted by molar-refractivity contribution is 0.243. The SMILES string of the molecule is CC1(C)CCSCC1NCCn1cccn1. The van der Waals surface area contributed by atoms with Gasteiger partial charge >= 0.3 is 0 Å². The first-order chi connectivity index (χ1) is 7.68. The Hall–Kier alpha value is -0.480. The van der Waals surface area contributed by atoms with Gasteiger partial charge in [0, 0.05) is 30.7 Å². The van der Waals surface area contributed by atoms with E-state index in [1.165, 1.54) is 17.9 Å². The zero-order valence-corrected chi connectivity index (χ0v) is 11.0. The third-order valence-corrected chi connectivity index (χ3v) is 4.47. The normalized spacial score (nSPS) is 24.5. The van der Waals surface area contributed by atoms with Crippen LogP contribution in [0.15, 0.2) is 18.5 Å². The van der Waals surface area contributed by atoms with Gasteiger partial charge in [-0.2, -0.15) is 16.9 Å². The lowest BCUT2D eigenvalue weighted by atomic mass is 9.82. The Morgan fingerprint density at radius 3 is 3.12 bits per heavy atom. The van der Waals surface area contributed by atoms with Crippen LogP contribution in [0.3, 0.4) is 0 Å². The number of hydrogen-bond acceptors (Lipinski definition) is 3. The van der Waals surface area contributed by atoms with Gasteiger partial charge < -0.3 is 5.32 Å². The summed E-state index contributed by atoms with van der Waals surface area (Å²) in [6.07, 6.45) is 5.17. The fourth-order valence-electron chi connectivity index (χ4n) is 2.06. The fourth-order valence-corrected chi connectivity index (χ4v) is 3.70. The average molecular weight is 239 g/mol. The number of hydrogen-bond donors (Lipinski definition) is 1. The van der Waals surface area contributed by atoms with Gasteiger partial charge in [0.1, 0.15) is 0 Å². The maximum absolute atomic E-state index is 4.21. The van der Waals surface area contributed by atoms with Crippen molar-refractivity contribution in [1.29, 1.82) is 0 Å². The Bertz CT molecular complexity index is 308. The van der Waals surface area contributed by atoms with Gasteiger partial charge in [-0.05, 0) is 23.7 Å². The Morgan fingerprint density at radius 2 is 2.44 bits per heavy atom. The molecular weight excluding hydrogens is 218 g/mol. The van der Waals surface area contributed by atoms with E-state index in [1.54, 1.807) is 0 Å². The number of aromatic nitrogens is 2. The summed E-state index contributed by atoms with van der Waals surface area (Å²) >= 11 is 2.07. The second-order valence-corrected chi connectivity index (χ2v) is 6.24. The molecule has 1 aliphatic rings. The van der Waals surface area contributed by atoms with E-state index in [2.05, 4.69) is 36.0 Å². The molecule has 0 bridgehead atoms. The monoisotopic (exact) mass is 239 g/mol. The number of nitrogens with zero attached hydrogens (tertiary/aromatic N) is 2. The topological polar surface area (TPSA) is 29.9 Å². The van der Waals surface area contributed by atoms with E-state index in [1.807, 2.05) is 23.1 Å². The second kappa shape index (κ2) is 5.23. The number of thioether (sulfide) groups is 1. The molecule has 1 fully saturated rings. The molecule has 2 heterocycles. The first-order valence-corrected chi connectivity index (χ1v) is 7.12. The van der Waals surface area contributed by atoms with Crippen LogP contribution >= 0.6 is 11.8 Å². The van der Waals surface area contributed by atoms with E-state index < -0.39 is 0 Å². The summed E-state index contributed by atoms with van der Waals surface area (Å²) in [5, 5.41) is 7.88. The highest BCUT2D eigenvalue weighted by atomic mass is 32.2. The Kier molecular flexibility index (Phi) is 3.92.